The van der Waals surface area contributed by atoms with E-state index in [4.69, 9.17) is 4.98 Å². The number of rotatable bonds is 4. The number of hydrogen-bond acceptors (Lipinski definition) is 4. The van der Waals surface area contributed by atoms with Crippen molar-refractivity contribution in [2.45, 2.75) is 33.6 Å². The molecule has 6 nitrogen and oxygen atoms in total. The predicted molar refractivity (Wildman–Crippen MR) is 138 cm³/mol. The Morgan fingerprint density at radius 2 is 1.66 bits per heavy atom. The van der Waals surface area contributed by atoms with Gasteiger partial charge in [-0.15, -0.1) is 0 Å². The zero-order valence-electron chi connectivity index (χ0n) is 20.9. The van der Waals surface area contributed by atoms with E-state index in [9.17, 15) is 9.18 Å². The Labute approximate surface area is 207 Å². The number of pyridine rings is 1. The zero-order valence-corrected chi connectivity index (χ0v) is 20.9. The Bertz CT molecular complexity index is 1190. The molecule has 4 heterocycles. The minimum Gasteiger partial charge on any atom is -0.366 e. The van der Waals surface area contributed by atoms with Gasteiger partial charge in [0.2, 0.25) is 0 Å². The minimum atomic E-state index is -0.217. The van der Waals surface area contributed by atoms with Crippen molar-refractivity contribution in [1.82, 2.24) is 14.5 Å². The number of halogens is 1. The summed E-state index contributed by atoms with van der Waals surface area (Å²) >= 11 is 0. The van der Waals surface area contributed by atoms with Gasteiger partial charge < -0.3 is 19.3 Å². The lowest BCUT2D eigenvalue weighted by molar-refractivity contribution is 0.0746. The van der Waals surface area contributed by atoms with Crippen molar-refractivity contribution < 1.29 is 9.18 Å². The van der Waals surface area contributed by atoms with Crippen molar-refractivity contribution >= 4 is 17.4 Å². The molecule has 2 fully saturated rings. The molecule has 184 valence electrons. The predicted octanol–water partition coefficient (Wildman–Crippen LogP) is 4.83. The van der Waals surface area contributed by atoms with E-state index < -0.39 is 0 Å². The molecule has 2 aliphatic rings. The van der Waals surface area contributed by atoms with Crippen molar-refractivity contribution in [2.75, 3.05) is 49.1 Å². The molecule has 1 aromatic carbocycles. The maximum atomic E-state index is 14.2. The maximum Gasteiger partial charge on any atom is 0.255 e. The molecule has 0 N–H and O–H groups in total. The molecule has 7 heteroatoms. The van der Waals surface area contributed by atoms with E-state index in [2.05, 4.69) is 28.5 Å². The molecule has 5 rings (SSSR count). The van der Waals surface area contributed by atoms with Gasteiger partial charge in [-0.25, -0.2) is 9.37 Å². The molecular weight excluding hydrogens is 441 g/mol. The summed E-state index contributed by atoms with van der Waals surface area (Å²) in [6, 6.07) is 13.0. The molecule has 0 aliphatic carbocycles. The van der Waals surface area contributed by atoms with Gasteiger partial charge >= 0.3 is 0 Å². The molecule has 35 heavy (non-hydrogen) atoms. The van der Waals surface area contributed by atoms with Crippen molar-refractivity contribution in [1.29, 1.82) is 0 Å². The summed E-state index contributed by atoms with van der Waals surface area (Å²) in [7, 11) is 0. The third-order valence-corrected chi connectivity index (χ3v) is 7.52. The number of piperazine rings is 1. The lowest BCUT2D eigenvalue weighted by atomic mass is 9.99. The van der Waals surface area contributed by atoms with Crippen LogP contribution in [-0.4, -0.2) is 59.6 Å². The summed E-state index contributed by atoms with van der Waals surface area (Å²) in [5.41, 5.74) is 4.23. The maximum absolute atomic E-state index is 14.2. The van der Waals surface area contributed by atoms with Crippen LogP contribution >= 0.6 is 0 Å². The number of carbonyl (C=O) groups excluding carboxylic acids is 1. The normalized spacial score (nSPS) is 17.2. The highest BCUT2D eigenvalue weighted by molar-refractivity contribution is 5.96. The summed E-state index contributed by atoms with van der Waals surface area (Å²) in [5.74, 6) is 1.62. The van der Waals surface area contributed by atoms with Crippen LogP contribution < -0.4 is 9.80 Å². The van der Waals surface area contributed by atoms with E-state index in [1.165, 1.54) is 18.9 Å². The Hall–Kier alpha value is -3.35. The summed E-state index contributed by atoms with van der Waals surface area (Å²) < 4.78 is 16.3. The first kappa shape index (κ1) is 23.4. The molecule has 3 aromatic rings. The van der Waals surface area contributed by atoms with E-state index in [-0.39, 0.29) is 11.7 Å². The highest BCUT2D eigenvalue weighted by Crippen LogP contribution is 2.26. The summed E-state index contributed by atoms with van der Waals surface area (Å²) in [6.07, 6.45) is 4.33. The fourth-order valence-electron chi connectivity index (χ4n) is 5.34. The second-order valence-corrected chi connectivity index (χ2v) is 9.90. The van der Waals surface area contributed by atoms with Crippen molar-refractivity contribution in [2.24, 2.45) is 5.92 Å². The van der Waals surface area contributed by atoms with Gasteiger partial charge in [-0.2, -0.15) is 0 Å². The van der Waals surface area contributed by atoms with Gasteiger partial charge in [0.05, 0.1) is 23.1 Å². The van der Waals surface area contributed by atoms with Crippen LogP contribution in [0.25, 0.3) is 5.69 Å². The lowest BCUT2D eigenvalue weighted by Crippen LogP contribution is -2.49. The number of aryl methyl sites for hydroxylation is 1. The van der Waals surface area contributed by atoms with Crippen LogP contribution in [0.5, 0.6) is 0 Å². The fraction of sp³-hybridized carbons (Fsp3) is 0.429. The summed E-state index contributed by atoms with van der Waals surface area (Å²) in [4.78, 5) is 24.4. The third kappa shape index (κ3) is 4.64. The van der Waals surface area contributed by atoms with Crippen LogP contribution in [0.15, 0.2) is 48.7 Å². The zero-order chi connectivity index (χ0) is 24.5. The topological polar surface area (TPSA) is 44.6 Å². The first-order valence-electron chi connectivity index (χ1n) is 12.6. The number of para-hydroxylation sites is 1. The highest BCUT2D eigenvalue weighted by atomic mass is 19.1. The van der Waals surface area contributed by atoms with Gasteiger partial charge in [0, 0.05) is 50.7 Å². The average Bonchev–Trinajstić information content (AvgIpc) is 3.18. The monoisotopic (exact) mass is 475 g/mol. The number of benzene rings is 1. The smallest absolute Gasteiger partial charge is 0.255 e. The minimum absolute atomic E-state index is 0.0320. The van der Waals surface area contributed by atoms with Gasteiger partial charge in [-0.3, -0.25) is 4.79 Å². The molecule has 2 saturated heterocycles. The number of carbonyl (C=O) groups is 1. The number of hydrogen-bond donors (Lipinski definition) is 0. The first-order chi connectivity index (χ1) is 16.9. The molecule has 2 aliphatic heterocycles. The van der Waals surface area contributed by atoms with Crippen molar-refractivity contribution in [3.05, 3.63) is 71.4 Å². The largest absolute Gasteiger partial charge is 0.366 e. The first-order valence-corrected chi connectivity index (χ1v) is 12.6. The Morgan fingerprint density at radius 3 is 2.31 bits per heavy atom. The van der Waals surface area contributed by atoms with E-state index in [0.29, 0.717) is 31.9 Å². The molecule has 2 aromatic heterocycles. The van der Waals surface area contributed by atoms with Crippen molar-refractivity contribution in [3.8, 4) is 5.69 Å². The van der Waals surface area contributed by atoms with Gasteiger partial charge in [0.25, 0.3) is 5.91 Å². The fourth-order valence-corrected chi connectivity index (χ4v) is 5.34. The second-order valence-electron chi connectivity index (χ2n) is 9.90. The summed E-state index contributed by atoms with van der Waals surface area (Å²) in [6.45, 7) is 10.8. The van der Waals surface area contributed by atoms with Crippen molar-refractivity contribution in [3.63, 3.8) is 0 Å². The van der Waals surface area contributed by atoms with Gasteiger partial charge in [-0.1, -0.05) is 19.1 Å². The lowest BCUT2D eigenvalue weighted by Gasteiger charge is -2.36. The van der Waals surface area contributed by atoms with E-state index in [1.54, 1.807) is 12.1 Å². The number of nitrogens with zero attached hydrogens (tertiary/aromatic N) is 5. The summed E-state index contributed by atoms with van der Waals surface area (Å²) in [5, 5.41) is 0. The average molecular weight is 476 g/mol. The van der Waals surface area contributed by atoms with Crippen LogP contribution in [-0.2, 0) is 0 Å². The third-order valence-electron chi connectivity index (χ3n) is 7.52. The van der Waals surface area contributed by atoms with E-state index in [0.717, 1.165) is 47.5 Å². The van der Waals surface area contributed by atoms with Gasteiger partial charge in [-0.05, 0) is 62.9 Å². The number of piperidine rings is 1. The quantitative estimate of drug-likeness (QED) is 0.542. The van der Waals surface area contributed by atoms with E-state index >= 15 is 0 Å². The highest BCUT2D eigenvalue weighted by Gasteiger charge is 2.26. The Balaban J connectivity index is 1.29. The van der Waals surface area contributed by atoms with E-state index in [1.807, 2.05) is 42.0 Å². The van der Waals surface area contributed by atoms with Crippen LogP contribution in [0.2, 0.25) is 0 Å². The number of amides is 1. The second kappa shape index (κ2) is 9.72. The molecule has 0 atom stereocenters. The Kier molecular flexibility index (Phi) is 6.50. The molecular formula is C28H34FN5O. The van der Waals surface area contributed by atoms with Gasteiger partial charge in [0.15, 0.2) is 0 Å². The SMILES string of the molecule is Cc1cc(C(=O)N2CCN(c3ccccc3F)CC2)c(C)n1-c1ccc(N2CCC(C)CC2)nc1. The standard InChI is InChI=1S/C28H34FN5O/c1-20-10-12-32(13-11-20)27-9-8-23(19-30-27)34-21(2)18-24(22(34)3)28(35)33-16-14-31(15-17-33)26-7-5-4-6-25(26)29/h4-9,18-20H,10-17H2,1-3H3. The Morgan fingerprint density at radius 1 is 0.943 bits per heavy atom. The molecule has 0 bridgehead atoms. The number of aromatic nitrogens is 2. The molecule has 1 amide bonds. The molecule has 0 unspecified atom stereocenters. The van der Waals surface area contributed by atoms with Crippen LogP contribution in [0.3, 0.4) is 0 Å². The van der Waals surface area contributed by atoms with Crippen LogP contribution in [0.4, 0.5) is 15.9 Å². The molecule has 0 radical (unpaired) electrons. The van der Waals surface area contributed by atoms with Crippen LogP contribution in [0, 0.1) is 25.6 Å². The molecule has 0 saturated carbocycles. The number of anilines is 2. The molecule has 0 spiro atoms. The van der Waals surface area contributed by atoms with Gasteiger partial charge in [0.1, 0.15) is 11.6 Å². The van der Waals surface area contributed by atoms with Crippen LogP contribution in [0.1, 0.15) is 41.5 Å².